The second-order valence-corrected chi connectivity index (χ2v) is 6.49. The van der Waals surface area contributed by atoms with E-state index in [1.54, 1.807) is 13.3 Å². The maximum Gasteiger partial charge on any atom is 0.234 e. The fourth-order valence-corrected chi connectivity index (χ4v) is 3.29. The minimum absolute atomic E-state index is 0.118. The monoisotopic (exact) mass is 383 g/mol. The van der Waals surface area contributed by atoms with Crippen LogP contribution < -0.4 is 14.8 Å². The molecule has 7 heteroatoms. The molecule has 0 fully saturated rings. The van der Waals surface area contributed by atoms with E-state index in [0.717, 1.165) is 16.6 Å². The number of rotatable bonds is 8. The standard InChI is InChI=1S/C20H21N3O3S/c1-3-26-18-10-5-4-9-17(18)22-19(24)14-27-20-21-11-12-23(20)15-7-6-8-16(13-15)25-2/h4-13H,3,14H2,1-2H3,(H,22,24). The van der Waals surface area contributed by atoms with Gasteiger partial charge >= 0.3 is 0 Å². The molecule has 3 aromatic rings. The first-order valence-corrected chi connectivity index (χ1v) is 9.52. The number of benzene rings is 2. The third kappa shape index (κ3) is 4.83. The van der Waals surface area contributed by atoms with Crippen molar-refractivity contribution < 1.29 is 14.3 Å². The quantitative estimate of drug-likeness (QED) is 0.596. The zero-order chi connectivity index (χ0) is 19.1. The summed E-state index contributed by atoms with van der Waals surface area (Å²) in [6.45, 7) is 2.45. The number of hydrogen-bond donors (Lipinski definition) is 1. The Morgan fingerprint density at radius 3 is 2.89 bits per heavy atom. The van der Waals surface area contributed by atoms with Crippen LogP contribution in [0.25, 0.3) is 5.69 Å². The van der Waals surface area contributed by atoms with E-state index in [1.807, 2.05) is 66.2 Å². The van der Waals surface area contributed by atoms with E-state index >= 15 is 0 Å². The molecule has 0 bridgehead atoms. The molecule has 0 saturated carbocycles. The average Bonchev–Trinajstić information content (AvgIpc) is 3.17. The van der Waals surface area contributed by atoms with Gasteiger partial charge in [0, 0.05) is 18.5 Å². The summed E-state index contributed by atoms with van der Waals surface area (Å²) in [6, 6.07) is 15.1. The van der Waals surface area contributed by atoms with Crippen LogP contribution in [0.5, 0.6) is 11.5 Å². The van der Waals surface area contributed by atoms with Gasteiger partial charge in [0.1, 0.15) is 11.5 Å². The van der Waals surface area contributed by atoms with Crippen molar-refractivity contribution in [2.75, 3.05) is 24.8 Å². The summed E-state index contributed by atoms with van der Waals surface area (Å²) in [4.78, 5) is 16.7. The Bertz CT molecular complexity index is 911. The number of carbonyl (C=O) groups is 1. The van der Waals surface area contributed by atoms with Crippen molar-refractivity contribution in [3.05, 3.63) is 60.9 Å². The first-order valence-electron chi connectivity index (χ1n) is 8.53. The second kappa shape index (κ2) is 9.14. The molecule has 0 aliphatic heterocycles. The van der Waals surface area contributed by atoms with E-state index in [0.29, 0.717) is 18.0 Å². The molecule has 0 aliphatic carbocycles. The first kappa shape index (κ1) is 18.8. The van der Waals surface area contributed by atoms with Crippen molar-refractivity contribution in [1.82, 2.24) is 9.55 Å². The highest BCUT2D eigenvalue weighted by Crippen LogP contribution is 2.26. The highest BCUT2D eigenvalue weighted by molar-refractivity contribution is 7.99. The number of nitrogens with zero attached hydrogens (tertiary/aromatic N) is 2. The largest absolute Gasteiger partial charge is 0.497 e. The topological polar surface area (TPSA) is 65.4 Å². The number of thioether (sulfide) groups is 1. The number of nitrogens with one attached hydrogen (secondary N) is 1. The number of carbonyl (C=O) groups excluding carboxylic acids is 1. The van der Waals surface area contributed by atoms with Crippen molar-refractivity contribution in [2.24, 2.45) is 0 Å². The number of hydrogen-bond acceptors (Lipinski definition) is 5. The number of ether oxygens (including phenoxy) is 2. The fourth-order valence-electron chi connectivity index (χ4n) is 2.52. The average molecular weight is 383 g/mol. The zero-order valence-corrected chi connectivity index (χ0v) is 16.0. The third-order valence-electron chi connectivity index (χ3n) is 3.73. The van der Waals surface area contributed by atoms with Crippen molar-refractivity contribution in [3.63, 3.8) is 0 Å². The summed E-state index contributed by atoms with van der Waals surface area (Å²) in [7, 11) is 1.63. The molecule has 2 aromatic carbocycles. The smallest absolute Gasteiger partial charge is 0.234 e. The van der Waals surface area contributed by atoms with Crippen LogP contribution in [-0.2, 0) is 4.79 Å². The van der Waals surface area contributed by atoms with E-state index in [4.69, 9.17) is 9.47 Å². The lowest BCUT2D eigenvalue weighted by molar-refractivity contribution is -0.113. The van der Waals surface area contributed by atoms with Crippen molar-refractivity contribution in [3.8, 4) is 17.2 Å². The van der Waals surface area contributed by atoms with E-state index in [2.05, 4.69) is 10.3 Å². The van der Waals surface area contributed by atoms with Gasteiger partial charge < -0.3 is 14.8 Å². The van der Waals surface area contributed by atoms with Crippen LogP contribution in [0.4, 0.5) is 5.69 Å². The summed E-state index contributed by atoms with van der Waals surface area (Å²) >= 11 is 1.37. The van der Waals surface area contributed by atoms with Gasteiger partial charge in [-0.3, -0.25) is 9.36 Å². The van der Waals surface area contributed by atoms with Crippen molar-refractivity contribution in [2.45, 2.75) is 12.1 Å². The number of methoxy groups -OCH3 is 1. The summed E-state index contributed by atoms with van der Waals surface area (Å²) in [5, 5.41) is 3.63. The number of para-hydroxylation sites is 2. The molecular formula is C20H21N3O3S. The van der Waals surface area contributed by atoms with Crippen LogP contribution in [-0.4, -0.2) is 34.9 Å². The van der Waals surface area contributed by atoms with Crippen LogP contribution in [0.2, 0.25) is 0 Å². The number of imidazole rings is 1. The SMILES string of the molecule is CCOc1ccccc1NC(=O)CSc1nccn1-c1cccc(OC)c1. The van der Waals surface area contributed by atoms with Crippen LogP contribution in [0.3, 0.4) is 0 Å². The van der Waals surface area contributed by atoms with E-state index < -0.39 is 0 Å². The molecule has 1 amide bonds. The molecule has 27 heavy (non-hydrogen) atoms. The Hall–Kier alpha value is -2.93. The molecule has 140 valence electrons. The Morgan fingerprint density at radius 1 is 1.22 bits per heavy atom. The Morgan fingerprint density at radius 2 is 2.07 bits per heavy atom. The van der Waals surface area contributed by atoms with Gasteiger partial charge in [-0.25, -0.2) is 4.98 Å². The van der Waals surface area contributed by atoms with E-state index in [1.165, 1.54) is 11.8 Å². The lowest BCUT2D eigenvalue weighted by Gasteiger charge is -2.11. The lowest BCUT2D eigenvalue weighted by atomic mass is 10.3. The maximum absolute atomic E-state index is 12.4. The minimum atomic E-state index is -0.118. The van der Waals surface area contributed by atoms with Crippen LogP contribution in [0.1, 0.15) is 6.92 Å². The molecule has 6 nitrogen and oxygen atoms in total. The molecule has 0 spiro atoms. The summed E-state index contributed by atoms with van der Waals surface area (Å²) in [5.41, 5.74) is 1.59. The lowest BCUT2D eigenvalue weighted by Crippen LogP contribution is -2.15. The van der Waals surface area contributed by atoms with Gasteiger partial charge in [0.25, 0.3) is 0 Å². The molecule has 1 N–H and O–H groups in total. The molecule has 1 heterocycles. The van der Waals surface area contributed by atoms with Crippen LogP contribution in [0.15, 0.2) is 66.1 Å². The van der Waals surface area contributed by atoms with Crippen molar-refractivity contribution in [1.29, 1.82) is 0 Å². The highest BCUT2D eigenvalue weighted by atomic mass is 32.2. The molecule has 0 radical (unpaired) electrons. The van der Waals surface area contributed by atoms with Gasteiger partial charge in [0.2, 0.25) is 5.91 Å². The normalized spacial score (nSPS) is 10.4. The van der Waals surface area contributed by atoms with Crippen LogP contribution in [0, 0.1) is 0 Å². The molecule has 3 rings (SSSR count). The molecule has 0 atom stereocenters. The van der Waals surface area contributed by atoms with Gasteiger partial charge in [0.15, 0.2) is 5.16 Å². The van der Waals surface area contributed by atoms with Gasteiger partial charge in [-0.05, 0) is 31.2 Å². The van der Waals surface area contributed by atoms with E-state index in [-0.39, 0.29) is 11.7 Å². The van der Waals surface area contributed by atoms with Crippen molar-refractivity contribution >= 4 is 23.4 Å². The summed E-state index contributed by atoms with van der Waals surface area (Å²) < 4.78 is 12.7. The predicted molar refractivity (Wildman–Crippen MR) is 107 cm³/mol. The molecule has 0 aliphatic rings. The van der Waals surface area contributed by atoms with Crippen LogP contribution >= 0.6 is 11.8 Å². The molecular weight excluding hydrogens is 362 g/mol. The Kier molecular flexibility index (Phi) is 6.38. The van der Waals surface area contributed by atoms with Gasteiger partial charge in [-0.15, -0.1) is 0 Å². The van der Waals surface area contributed by atoms with Gasteiger partial charge in [-0.1, -0.05) is 30.0 Å². The second-order valence-electron chi connectivity index (χ2n) is 5.55. The number of amides is 1. The molecule has 0 saturated heterocycles. The zero-order valence-electron chi connectivity index (χ0n) is 15.2. The molecule has 1 aromatic heterocycles. The Balaban J connectivity index is 1.66. The Labute approximate surface area is 162 Å². The predicted octanol–water partition coefficient (Wildman–Crippen LogP) is 4.01. The fraction of sp³-hybridized carbons (Fsp3) is 0.200. The maximum atomic E-state index is 12.4. The van der Waals surface area contributed by atoms with E-state index in [9.17, 15) is 4.79 Å². The summed E-state index contributed by atoms with van der Waals surface area (Å²) in [6.07, 6.45) is 3.57. The third-order valence-corrected chi connectivity index (χ3v) is 4.70. The van der Waals surface area contributed by atoms with Gasteiger partial charge in [-0.2, -0.15) is 0 Å². The summed E-state index contributed by atoms with van der Waals surface area (Å²) in [5.74, 6) is 1.55. The minimum Gasteiger partial charge on any atom is -0.497 e. The molecule has 0 unspecified atom stereocenters. The van der Waals surface area contributed by atoms with Gasteiger partial charge in [0.05, 0.1) is 30.8 Å². The number of aromatic nitrogens is 2. The highest BCUT2D eigenvalue weighted by Gasteiger charge is 2.11. The number of anilines is 1. The first-order chi connectivity index (χ1) is 13.2.